The van der Waals surface area contributed by atoms with Crippen LogP contribution in [0.1, 0.15) is 12.0 Å². The van der Waals surface area contributed by atoms with Crippen molar-refractivity contribution < 1.29 is 19.1 Å². The number of amides is 2. The molecule has 156 valence electrons. The summed E-state index contributed by atoms with van der Waals surface area (Å²) in [7, 11) is 0. The third-order valence-electron chi connectivity index (χ3n) is 5.11. The molecule has 0 saturated carbocycles. The van der Waals surface area contributed by atoms with Crippen molar-refractivity contribution >= 4 is 23.3 Å². The second kappa shape index (κ2) is 9.26. The standard InChI is InChI=1S/C25H22N2O4/c28-23-21(15-14-17-8-3-1-4-9-17)27-25(30)22(23)24(29)26-18-10-7-13-20(16-18)31-19-11-5-2-6-12-19/h1-13,16,21-22H,14-15H2,(H,26,29)(H,27,30). The molecule has 6 nitrogen and oxygen atoms in total. The number of hydrogen-bond donors (Lipinski definition) is 2. The van der Waals surface area contributed by atoms with E-state index in [-0.39, 0.29) is 0 Å². The largest absolute Gasteiger partial charge is 0.457 e. The topological polar surface area (TPSA) is 84.5 Å². The van der Waals surface area contributed by atoms with E-state index >= 15 is 0 Å². The lowest BCUT2D eigenvalue weighted by molar-refractivity contribution is -0.135. The SMILES string of the molecule is O=C(Nc1cccc(Oc2ccccc2)c1)C1C(=O)NC(CCc2ccccc2)C1=O. The fraction of sp³-hybridized carbons (Fsp3) is 0.160. The van der Waals surface area contributed by atoms with Gasteiger partial charge in [0.2, 0.25) is 11.8 Å². The maximum atomic E-state index is 12.7. The summed E-state index contributed by atoms with van der Waals surface area (Å²) in [6, 6.07) is 25.1. The first-order chi connectivity index (χ1) is 15.1. The lowest BCUT2D eigenvalue weighted by Gasteiger charge is -2.11. The van der Waals surface area contributed by atoms with Crippen LogP contribution in [0.5, 0.6) is 11.5 Å². The highest BCUT2D eigenvalue weighted by Gasteiger charge is 2.45. The molecule has 3 aromatic rings. The molecule has 31 heavy (non-hydrogen) atoms. The number of hydrogen-bond acceptors (Lipinski definition) is 4. The van der Waals surface area contributed by atoms with E-state index in [0.29, 0.717) is 30.0 Å². The first kappa shape index (κ1) is 20.3. The van der Waals surface area contributed by atoms with Crippen molar-refractivity contribution in [3.8, 4) is 11.5 Å². The van der Waals surface area contributed by atoms with Crippen LogP contribution in [0, 0.1) is 5.92 Å². The van der Waals surface area contributed by atoms with E-state index in [1.165, 1.54) is 0 Å². The number of rotatable bonds is 7. The molecule has 4 rings (SSSR count). The van der Waals surface area contributed by atoms with Gasteiger partial charge in [0.1, 0.15) is 11.5 Å². The molecule has 0 aromatic heterocycles. The highest BCUT2D eigenvalue weighted by atomic mass is 16.5. The highest BCUT2D eigenvalue weighted by molar-refractivity contribution is 6.26. The Morgan fingerprint density at radius 1 is 0.871 bits per heavy atom. The molecule has 0 radical (unpaired) electrons. The van der Waals surface area contributed by atoms with E-state index in [1.807, 2.05) is 60.7 Å². The van der Waals surface area contributed by atoms with Gasteiger partial charge in [-0.05, 0) is 42.7 Å². The van der Waals surface area contributed by atoms with Crippen LogP contribution in [0.2, 0.25) is 0 Å². The smallest absolute Gasteiger partial charge is 0.244 e. The van der Waals surface area contributed by atoms with Crippen molar-refractivity contribution in [1.82, 2.24) is 5.32 Å². The van der Waals surface area contributed by atoms with Crippen molar-refractivity contribution in [2.24, 2.45) is 5.92 Å². The van der Waals surface area contributed by atoms with Crippen LogP contribution in [0.25, 0.3) is 0 Å². The summed E-state index contributed by atoms with van der Waals surface area (Å²) >= 11 is 0. The van der Waals surface area contributed by atoms with Gasteiger partial charge in [0, 0.05) is 11.8 Å². The van der Waals surface area contributed by atoms with E-state index in [4.69, 9.17) is 4.74 Å². The molecule has 2 atom stereocenters. The number of aryl methyl sites for hydroxylation is 1. The van der Waals surface area contributed by atoms with Gasteiger partial charge in [0.05, 0.1) is 6.04 Å². The van der Waals surface area contributed by atoms with Crippen LogP contribution in [-0.2, 0) is 20.8 Å². The normalized spacial score (nSPS) is 17.8. The molecule has 6 heteroatoms. The molecule has 0 spiro atoms. The summed E-state index contributed by atoms with van der Waals surface area (Å²) in [5.74, 6) is -1.74. The van der Waals surface area contributed by atoms with Crippen molar-refractivity contribution in [1.29, 1.82) is 0 Å². The molecule has 2 amide bonds. The molecule has 0 aliphatic carbocycles. The van der Waals surface area contributed by atoms with Crippen molar-refractivity contribution in [2.75, 3.05) is 5.32 Å². The van der Waals surface area contributed by atoms with E-state index in [9.17, 15) is 14.4 Å². The Labute approximate surface area is 180 Å². The van der Waals surface area contributed by atoms with Crippen LogP contribution in [0.4, 0.5) is 5.69 Å². The van der Waals surface area contributed by atoms with Gasteiger partial charge < -0.3 is 15.4 Å². The summed E-state index contributed by atoms with van der Waals surface area (Å²) in [4.78, 5) is 37.7. The minimum atomic E-state index is -1.35. The van der Waals surface area contributed by atoms with Crippen LogP contribution in [-0.4, -0.2) is 23.6 Å². The average Bonchev–Trinajstić information content (AvgIpc) is 3.07. The zero-order chi connectivity index (χ0) is 21.6. The number of benzene rings is 3. The summed E-state index contributed by atoms with van der Waals surface area (Å²) in [5, 5.41) is 5.33. The molecule has 1 aliphatic heterocycles. The van der Waals surface area contributed by atoms with Gasteiger partial charge in [-0.1, -0.05) is 54.6 Å². The number of para-hydroxylation sites is 1. The molecule has 1 aliphatic rings. The Morgan fingerprint density at radius 3 is 2.29 bits per heavy atom. The minimum absolute atomic E-state index is 0.393. The van der Waals surface area contributed by atoms with Crippen LogP contribution >= 0.6 is 0 Å². The minimum Gasteiger partial charge on any atom is -0.457 e. The number of carbonyl (C=O) groups excluding carboxylic acids is 3. The molecular weight excluding hydrogens is 392 g/mol. The molecule has 1 saturated heterocycles. The van der Waals surface area contributed by atoms with E-state index in [0.717, 1.165) is 5.56 Å². The van der Waals surface area contributed by atoms with Crippen LogP contribution in [0.15, 0.2) is 84.9 Å². The predicted molar refractivity (Wildman–Crippen MR) is 117 cm³/mol. The van der Waals surface area contributed by atoms with Gasteiger partial charge in [-0.15, -0.1) is 0 Å². The van der Waals surface area contributed by atoms with E-state index < -0.39 is 29.6 Å². The summed E-state index contributed by atoms with van der Waals surface area (Å²) < 4.78 is 5.76. The highest BCUT2D eigenvalue weighted by Crippen LogP contribution is 2.25. The number of nitrogens with one attached hydrogen (secondary N) is 2. The van der Waals surface area contributed by atoms with E-state index in [1.54, 1.807) is 24.3 Å². The van der Waals surface area contributed by atoms with Gasteiger partial charge in [-0.25, -0.2) is 0 Å². The number of ether oxygens (including phenoxy) is 1. The maximum Gasteiger partial charge on any atom is 0.244 e. The Balaban J connectivity index is 1.38. The zero-order valence-corrected chi connectivity index (χ0v) is 16.8. The van der Waals surface area contributed by atoms with Gasteiger partial charge in [0.15, 0.2) is 11.7 Å². The van der Waals surface area contributed by atoms with Gasteiger partial charge in [-0.3, -0.25) is 14.4 Å². The lowest BCUT2D eigenvalue weighted by Crippen LogP contribution is -2.33. The monoisotopic (exact) mass is 414 g/mol. The molecule has 2 unspecified atom stereocenters. The third kappa shape index (κ3) is 4.98. The lowest BCUT2D eigenvalue weighted by atomic mass is 9.97. The Hall–Kier alpha value is -3.93. The van der Waals surface area contributed by atoms with Crippen LogP contribution < -0.4 is 15.4 Å². The second-order valence-electron chi connectivity index (χ2n) is 7.35. The van der Waals surface area contributed by atoms with Gasteiger partial charge >= 0.3 is 0 Å². The van der Waals surface area contributed by atoms with Gasteiger partial charge in [-0.2, -0.15) is 0 Å². The third-order valence-corrected chi connectivity index (χ3v) is 5.11. The van der Waals surface area contributed by atoms with E-state index in [2.05, 4.69) is 10.6 Å². The zero-order valence-electron chi connectivity index (χ0n) is 16.8. The fourth-order valence-electron chi connectivity index (χ4n) is 3.55. The molecular formula is C25H22N2O4. The number of anilines is 1. The Morgan fingerprint density at radius 2 is 1.55 bits per heavy atom. The Kier molecular flexibility index (Phi) is 6.08. The summed E-state index contributed by atoms with van der Waals surface area (Å²) in [6.07, 6.45) is 1.10. The number of Topliss-reactive ketones (excluding diaryl/α,β-unsaturated/α-hetero) is 1. The van der Waals surface area contributed by atoms with Crippen LogP contribution in [0.3, 0.4) is 0 Å². The first-order valence-electron chi connectivity index (χ1n) is 10.1. The molecule has 3 aromatic carbocycles. The molecule has 1 fully saturated rings. The van der Waals surface area contributed by atoms with Crippen molar-refractivity contribution in [2.45, 2.75) is 18.9 Å². The predicted octanol–water partition coefficient (Wildman–Crippen LogP) is 3.73. The van der Waals surface area contributed by atoms with Crippen molar-refractivity contribution in [3.05, 3.63) is 90.5 Å². The molecule has 1 heterocycles. The van der Waals surface area contributed by atoms with Crippen molar-refractivity contribution in [3.63, 3.8) is 0 Å². The fourth-order valence-corrected chi connectivity index (χ4v) is 3.55. The quantitative estimate of drug-likeness (QED) is 0.577. The summed E-state index contributed by atoms with van der Waals surface area (Å²) in [5.41, 5.74) is 1.53. The first-order valence-corrected chi connectivity index (χ1v) is 10.1. The number of ketones is 1. The Bertz CT molecular complexity index is 1080. The maximum absolute atomic E-state index is 12.7. The molecule has 0 bridgehead atoms. The number of carbonyl (C=O) groups is 3. The molecule has 2 N–H and O–H groups in total. The van der Waals surface area contributed by atoms with Gasteiger partial charge in [0.25, 0.3) is 0 Å². The summed E-state index contributed by atoms with van der Waals surface area (Å²) in [6.45, 7) is 0. The average molecular weight is 414 g/mol. The second-order valence-corrected chi connectivity index (χ2v) is 7.35.